The first-order chi connectivity index (χ1) is 13.1. The van der Waals surface area contributed by atoms with Crippen LogP contribution >= 0.6 is 11.6 Å². The van der Waals surface area contributed by atoms with E-state index < -0.39 is 0 Å². The topological polar surface area (TPSA) is 85.6 Å². The lowest BCUT2D eigenvalue weighted by molar-refractivity contribution is -0.907. The number of halogens is 1. The third kappa shape index (κ3) is 5.67. The highest BCUT2D eigenvalue weighted by Crippen LogP contribution is 2.17. The molecule has 0 aliphatic rings. The van der Waals surface area contributed by atoms with Gasteiger partial charge in [-0.05, 0) is 36.2 Å². The van der Waals surface area contributed by atoms with Gasteiger partial charge in [0, 0.05) is 11.6 Å². The van der Waals surface area contributed by atoms with Gasteiger partial charge in [-0.2, -0.15) is 0 Å². The Balaban J connectivity index is 1.53. The summed E-state index contributed by atoms with van der Waals surface area (Å²) in [6.45, 7) is 4.19. The second-order valence-electron chi connectivity index (χ2n) is 6.24. The van der Waals surface area contributed by atoms with Crippen LogP contribution in [0.4, 0.5) is 0 Å². The summed E-state index contributed by atoms with van der Waals surface area (Å²) < 4.78 is 10.9. The van der Waals surface area contributed by atoms with Crippen LogP contribution in [0.1, 0.15) is 24.8 Å². The Morgan fingerprint density at radius 1 is 1.22 bits per heavy atom. The Bertz CT molecular complexity index is 846. The minimum absolute atomic E-state index is 0.0285. The van der Waals surface area contributed by atoms with Crippen LogP contribution in [0.25, 0.3) is 11.7 Å². The first-order valence-electron chi connectivity index (χ1n) is 8.85. The number of quaternary nitrogens is 1. The van der Waals surface area contributed by atoms with Crippen LogP contribution in [-0.4, -0.2) is 29.2 Å². The van der Waals surface area contributed by atoms with Gasteiger partial charge in [-0.25, -0.2) is 0 Å². The Morgan fingerprint density at radius 2 is 2.04 bits per heavy atom. The molecule has 3 rings (SSSR count). The van der Waals surface area contributed by atoms with E-state index in [0.29, 0.717) is 42.2 Å². The highest BCUT2D eigenvalue weighted by Gasteiger charge is 2.19. The highest BCUT2D eigenvalue weighted by atomic mass is 35.5. The van der Waals surface area contributed by atoms with Crippen molar-refractivity contribution in [1.82, 2.24) is 15.5 Å². The standard InChI is InChI=1S/C19H21ClN4O3/c1-2-9-24(12-17(25)21-11-14-5-7-15(20)8-6-14)13-18-22-23-19(27-18)16-4-3-10-26-16/h3-8,10H,2,9,11-13H2,1H3,(H,21,25)/p+1. The van der Waals surface area contributed by atoms with Crippen molar-refractivity contribution in [2.45, 2.75) is 26.4 Å². The van der Waals surface area contributed by atoms with Crippen molar-refractivity contribution in [1.29, 1.82) is 0 Å². The van der Waals surface area contributed by atoms with Crippen LogP contribution < -0.4 is 10.2 Å². The molecule has 0 aliphatic heterocycles. The van der Waals surface area contributed by atoms with Gasteiger partial charge in [0.25, 0.3) is 17.7 Å². The predicted molar refractivity (Wildman–Crippen MR) is 100.0 cm³/mol. The van der Waals surface area contributed by atoms with E-state index in [-0.39, 0.29) is 5.91 Å². The van der Waals surface area contributed by atoms with Crippen LogP contribution in [0, 0.1) is 0 Å². The minimum atomic E-state index is -0.0285. The molecule has 8 heteroatoms. The molecule has 7 nitrogen and oxygen atoms in total. The molecule has 27 heavy (non-hydrogen) atoms. The van der Waals surface area contributed by atoms with Crippen LogP contribution in [-0.2, 0) is 17.9 Å². The summed E-state index contributed by atoms with van der Waals surface area (Å²) in [6, 6.07) is 10.9. The summed E-state index contributed by atoms with van der Waals surface area (Å²) in [5.74, 6) is 1.33. The third-order valence-electron chi connectivity index (χ3n) is 4.02. The summed E-state index contributed by atoms with van der Waals surface area (Å²) in [5, 5.41) is 11.7. The van der Waals surface area contributed by atoms with Crippen molar-refractivity contribution in [2.75, 3.05) is 13.1 Å². The monoisotopic (exact) mass is 389 g/mol. The van der Waals surface area contributed by atoms with Crippen molar-refractivity contribution in [3.63, 3.8) is 0 Å². The van der Waals surface area contributed by atoms with E-state index in [4.69, 9.17) is 20.4 Å². The number of carbonyl (C=O) groups is 1. The predicted octanol–water partition coefficient (Wildman–Crippen LogP) is 2.09. The molecule has 0 radical (unpaired) electrons. The third-order valence-corrected chi connectivity index (χ3v) is 4.27. The Labute approximate surface area is 162 Å². The summed E-state index contributed by atoms with van der Waals surface area (Å²) in [4.78, 5) is 13.4. The maximum absolute atomic E-state index is 12.3. The number of hydrogen-bond donors (Lipinski definition) is 2. The zero-order valence-corrected chi connectivity index (χ0v) is 15.8. The molecule has 1 unspecified atom stereocenters. The van der Waals surface area contributed by atoms with E-state index in [2.05, 4.69) is 22.4 Å². The molecule has 2 heterocycles. The molecular weight excluding hydrogens is 368 g/mol. The first kappa shape index (κ1) is 19.1. The average Bonchev–Trinajstić information content (AvgIpc) is 3.33. The summed E-state index contributed by atoms with van der Waals surface area (Å²) >= 11 is 5.87. The van der Waals surface area contributed by atoms with Crippen LogP contribution in [0.3, 0.4) is 0 Å². The van der Waals surface area contributed by atoms with Gasteiger partial charge in [0.1, 0.15) is 0 Å². The number of rotatable bonds is 9. The van der Waals surface area contributed by atoms with Gasteiger partial charge >= 0.3 is 0 Å². The lowest BCUT2D eigenvalue weighted by Crippen LogP contribution is -3.12. The van der Waals surface area contributed by atoms with Crippen LogP contribution in [0.2, 0.25) is 5.02 Å². The smallest absolute Gasteiger partial charge is 0.283 e. The van der Waals surface area contributed by atoms with E-state index in [1.54, 1.807) is 18.4 Å². The summed E-state index contributed by atoms with van der Waals surface area (Å²) in [6.07, 6.45) is 2.50. The fourth-order valence-corrected chi connectivity index (χ4v) is 2.85. The van der Waals surface area contributed by atoms with E-state index in [1.165, 1.54) is 0 Å². The molecule has 2 N–H and O–H groups in total. The van der Waals surface area contributed by atoms with E-state index in [1.807, 2.05) is 24.3 Å². The first-order valence-corrected chi connectivity index (χ1v) is 9.23. The van der Waals surface area contributed by atoms with Crippen molar-refractivity contribution in [2.24, 2.45) is 0 Å². The maximum Gasteiger partial charge on any atom is 0.283 e. The maximum atomic E-state index is 12.3. The number of hydrogen-bond acceptors (Lipinski definition) is 5. The molecule has 1 amide bonds. The molecule has 1 atom stereocenters. The van der Waals surface area contributed by atoms with Crippen molar-refractivity contribution < 1.29 is 18.5 Å². The molecule has 0 fully saturated rings. The fraction of sp³-hybridized carbons (Fsp3) is 0.316. The van der Waals surface area contributed by atoms with Crippen LogP contribution in [0.5, 0.6) is 0 Å². The van der Waals surface area contributed by atoms with E-state index in [0.717, 1.165) is 23.4 Å². The van der Waals surface area contributed by atoms with Gasteiger partial charge in [-0.15, -0.1) is 10.2 Å². The second kappa shape index (κ2) is 9.34. The molecule has 142 valence electrons. The van der Waals surface area contributed by atoms with Crippen molar-refractivity contribution >= 4 is 17.5 Å². The van der Waals surface area contributed by atoms with Crippen molar-refractivity contribution in [3.05, 3.63) is 59.1 Å². The lowest BCUT2D eigenvalue weighted by atomic mass is 10.2. The van der Waals surface area contributed by atoms with E-state index >= 15 is 0 Å². The number of carbonyl (C=O) groups excluding carboxylic acids is 1. The molecular formula is C19H22ClN4O3+. The quantitative estimate of drug-likeness (QED) is 0.585. The number of benzene rings is 1. The normalized spacial score (nSPS) is 12.1. The van der Waals surface area contributed by atoms with Gasteiger partial charge in [-0.1, -0.05) is 30.7 Å². The Morgan fingerprint density at radius 3 is 2.74 bits per heavy atom. The molecule has 0 aliphatic carbocycles. The molecule has 2 aromatic heterocycles. The molecule has 0 saturated carbocycles. The van der Waals surface area contributed by atoms with E-state index in [9.17, 15) is 4.79 Å². The number of amides is 1. The Hall–Kier alpha value is -2.64. The molecule has 0 spiro atoms. The highest BCUT2D eigenvalue weighted by molar-refractivity contribution is 6.30. The Kier molecular flexibility index (Phi) is 6.62. The number of aromatic nitrogens is 2. The fourth-order valence-electron chi connectivity index (χ4n) is 2.72. The van der Waals surface area contributed by atoms with Gasteiger partial charge in [0.2, 0.25) is 0 Å². The minimum Gasteiger partial charge on any atom is -0.459 e. The number of nitrogens with one attached hydrogen (secondary N) is 2. The lowest BCUT2D eigenvalue weighted by Gasteiger charge is -2.16. The van der Waals surface area contributed by atoms with Crippen LogP contribution in [0.15, 0.2) is 51.5 Å². The number of nitrogens with zero attached hydrogens (tertiary/aromatic N) is 2. The average molecular weight is 390 g/mol. The molecule has 3 aromatic rings. The summed E-state index contributed by atoms with van der Waals surface area (Å²) in [5.41, 5.74) is 1.00. The van der Waals surface area contributed by atoms with Gasteiger partial charge < -0.3 is 19.1 Å². The number of furan rings is 1. The molecule has 0 bridgehead atoms. The second-order valence-corrected chi connectivity index (χ2v) is 6.67. The molecule has 1 aromatic carbocycles. The zero-order valence-electron chi connectivity index (χ0n) is 15.1. The SMILES string of the molecule is CCC[NH+](CC(=O)NCc1ccc(Cl)cc1)Cc1nnc(-c2ccco2)o1. The molecule has 0 saturated heterocycles. The van der Waals surface area contributed by atoms with Gasteiger partial charge in [0.05, 0.1) is 12.8 Å². The largest absolute Gasteiger partial charge is 0.459 e. The van der Waals surface area contributed by atoms with Gasteiger partial charge in [-0.3, -0.25) is 4.79 Å². The van der Waals surface area contributed by atoms with Gasteiger partial charge in [0.15, 0.2) is 18.8 Å². The summed E-state index contributed by atoms with van der Waals surface area (Å²) in [7, 11) is 0. The zero-order chi connectivity index (χ0) is 19.1. The van der Waals surface area contributed by atoms with Crippen molar-refractivity contribution in [3.8, 4) is 11.7 Å².